The number of aliphatic carboxylic acids is 1. The molecule has 1 saturated carbocycles. The lowest BCUT2D eigenvalue weighted by molar-refractivity contribution is -0.137. The second-order valence-electron chi connectivity index (χ2n) is 5.44. The van der Waals surface area contributed by atoms with E-state index in [0.29, 0.717) is 12.5 Å². The highest BCUT2D eigenvalue weighted by Gasteiger charge is 2.20. The Kier molecular flexibility index (Phi) is 5.35. The molecule has 8 heteroatoms. The average molecular weight is 315 g/mol. The van der Waals surface area contributed by atoms with Gasteiger partial charge in [0.25, 0.3) is 0 Å². The minimum atomic E-state index is -3.56. The Bertz CT molecular complexity index is 576. The summed E-state index contributed by atoms with van der Waals surface area (Å²) in [5.74, 6) is -0.527. The van der Waals surface area contributed by atoms with E-state index >= 15 is 0 Å². The molecule has 2 N–H and O–H groups in total. The van der Waals surface area contributed by atoms with Crippen LogP contribution in [-0.2, 0) is 21.4 Å². The summed E-state index contributed by atoms with van der Waals surface area (Å²) in [4.78, 5) is 10.6. The Hall–Kier alpha value is -1.41. The first-order chi connectivity index (χ1) is 9.97. The zero-order valence-corrected chi connectivity index (χ0v) is 12.7. The van der Waals surface area contributed by atoms with Gasteiger partial charge in [-0.1, -0.05) is 19.3 Å². The fourth-order valence-corrected chi connectivity index (χ4v) is 3.59. The van der Waals surface area contributed by atoms with Gasteiger partial charge in [0, 0.05) is 12.7 Å². The average Bonchev–Trinajstić information content (AvgIpc) is 2.94. The van der Waals surface area contributed by atoms with Gasteiger partial charge in [-0.2, -0.15) is 5.10 Å². The molecule has 0 saturated heterocycles. The molecule has 1 fully saturated rings. The van der Waals surface area contributed by atoms with E-state index in [1.165, 1.54) is 36.3 Å². The van der Waals surface area contributed by atoms with Crippen molar-refractivity contribution in [3.63, 3.8) is 0 Å². The molecule has 0 unspecified atom stereocenters. The van der Waals surface area contributed by atoms with E-state index in [1.54, 1.807) is 0 Å². The molecule has 1 aromatic rings. The van der Waals surface area contributed by atoms with Crippen LogP contribution < -0.4 is 4.72 Å². The molecule has 0 aliphatic heterocycles. The minimum Gasteiger partial charge on any atom is -0.481 e. The highest BCUT2D eigenvalue weighted by Crippen LogP contribution is 2.23. The van der Waals surface area contributed by atoms with Gasteiger partial charge in [0.05, 0.1) is 19.2 Å². The Morgan fingerprint density at radius 1 is 1.38 bits per heavy atom. The molecular formula is C13H21N3O4S. The van der Waals surface area contributed by atoms with Crippen LogP contribution in [0.5, 0.6) is 0 Å². The number of nitrogens with one attached hydrogen (secondary N) is 1. The highest BCUT2D eigenvalue weighted by atomic mass is 32.2. The number of carbonyl (C=O) groups is 1. The number of hydrogen-bond donors (Lipinski definition) is 2. The van der Waals surface area contributed by atoms with Crippen LogP contribution >= 0.6 is 0 Å². The molecule has 7 nitrogen and oxygen atoms in total. The minimum absolute atomic E-state index is 0.0866. The van der Waals surface area contributed by atoms with Crippen molar-refractivity contribution in [2.75, 3.05) is 6.54 Å². The van der Waals surface area contributed by atoms with Crippen LogP contribution in [0.1, 0.15) is 38.5 Å². The molecule has 0 radical (unpaired) electrons. The number of aromatic nitrogens is 2. The third-order valence-corrected chi connectivity index (χ3v) is 5.14. The predicted octanol–water partition coefficient (Wildman–Crippen LogP) is 1.22. The van der Waals surface area contributed by atoms with Gasteiger partial charge in [-0.05, 0) is 18.8 Å². The number of nitrogens with zero attached hydrogens (tertiary/aromatic N) is 2. The molecule has 1 aliphatic carbocycles. The number of rotatable bonds is 7. The Morgan fingerprint density at radius 3 is 2.76 bits per heavy atom. The summed E-state index contributed by atoms with van der Waals surface area (Å²) >= 11 is 0. The van der Waals surface area contributed by atoms with Gasteiger partial charge >= 0.3 is 5.97 Å². The summed E-state index contributed by atoms with van der Waals surface area (Å²) < 4.78 is 28.3. The number of aryl methyl sites for hydroxylation is 1. The summed E-state index contributed by atoms with van der Waals surface area (Å²) in [7, 11) is -3.56. The molecule has 2 rings (SSSR count). The lowest BCUT2D eigenvalue weighted by atomic mass is 9.90. The first kappa shape index (κ1) is 16.0. The van der Waals surface area contributed by atoms with Crippen LogP contribution in [0.3, 0.4) is 0 Å². The third-order valence-electron chi connectivity index (χ3n) is 3.76. The lowest BCUT2D eigenvalue weighted by Crippen LogP contribution is -2.30. The van der Waals surface area contributed by atoms with Crippen molar-refractivity contribution in [1.82, 2.24) is 14.5 Å². The molecule has 0 amide bonds. The van der Waals surface area contributed by atoms with Crippen LogP contribution in [-0.4, -0.2) is 35.8 Å². The van der Waals surface area contributed by atoms with Gasteiger partial charge in [0.1, 0.15) is 4.90 Å². The van der Waals surface area contributed by atoms with E-state index in [0.717, 1.165) is 12.8 Å². The second kappa shape index (κ2) is 7.04. The number of sulfonamides is 1. The van der Waals surface area contributed by atoms with Crippen LogP contribution in [0.2, 0.25) is 0 Å². The standard InChI is InChI=1S/C13H21N3O4S/c17-13(18)6-7-16-10-12(9-14-16)21(19,20)15-8-11-4-2-1-3-5-11/h9-11,15H,1-8H2,(H,17,18). The van der Waals surface area contributed by atoms with Crippen molar-refractivity contribution in [2.45, 2.75) is 50.0 Å². The topological polar surface area (TPSA) is 101 Å². The van der Waals surface area contributed by atoms with Gasteiger partial charge in [0.2, 0.25) is 10.0 Å². The van der Waals surface area contributed by atoms with E-state index in [9.17, 15) is 13.2 Å². The van der Waals surface area contributed by atoms with E-state index in [2.05, 4.69) is 9.82 Å². The maximum absolute atomic E-state index is 12.1. The van der Waals surface area contributed by atoms with Crippen molar-refractivity contribution in [3.05, 3.63) is 12.4 Å². The fraction of sp³-hybridized carbons (Fsp3) is 0.692. The highest BCUT2D eigenvalue weighted by molar-refractivity contribution is 7.89. The van der Waals surface area contributed by atoms with E-state index in [-0.39, 0.29) is 17.9 Å². The quantitative estimate of drug-likeness (QED) is 0.787. The van der Waals surface area contributed by atoms with Crippen molar-refractivity contribution in [3.8, 4) is 0 Å². The maximum Gasteiger partial charge on any atom is 0.305 e. The number of carboxylic acids is 1. The maximum atomic E-state index is 12.1. The van der Waals surface area contributed by atoms with Crippen molar-refractivity contribution in [2.24, 2.45) is 5.92 Å². The third kappa shape index (κ3) is 4.82. The Balaban J connectivity index is 1.90. The molecule has 1 aromatic heterocycles. The van der Waals surface area contributed by atoms with Crippen LogP contribution in [0, 0.1) is 5.92 Å². The zero-order valence-electron chi connectivity index (χ0n) is 11.9. The smallest absolute Gasteiger partial charge is 0.305 e. The summed E-state index contributed by atoms with van der Waals surface area (Å²) in [6.07, 6.45) is 8.24. The van der Waals surface area contributed by atoms with Crippen LogP contribution in [0.4, 0.5) is 0 Å². The van der Waals surface area contributed by atoms with Crippen molar-refractivity contribution >= 4 is 16.0 Å². The first-order valence-electron chi connectivity index (χ1n) is 7.21. The van der Waals surface area contributed by atoms with Gasteiger partial charge in [-0.15, -0.1) is 0 Å². The molecule has 0 bridgehead atoms. The normalized spacial score (nSPS) is 17.0. The summed E-state index contributed by atoms with van der Waals surface area (Å²) in [6.45, 7) is 0.621. The zero-order chi connectivity index (χ0) is 15.3. The molecule has 118 valence electrons. The van der Waals surface area contributed by atoms with Gasteiger partial charge < -0.3 is 5.11 Å². The number of carboxylic acid groups (broad SMARTS) is 1. The molecule has 21 heavy (non-hydrogen) atoms. The fourth-order valence-electron chi connectivity index (χ4n) is 2.52. The largest absolute Gasteiger partial charge is 0.481 e. The van der Waals surface area contributed by atoms with Crippen molar-refractivity contribution in [1.29, 1.82) is 0 Å². The monoisotopic (exact) mass is 315 g/mol. The van der Waals surface area contributed by atoms with Crippen molar-refractivity contribution < 1.29 is 18.3 Å². The number of hydrogen-bond acceptors (Lipinski definition) is 4. The van der Waals surface area contributed by atoms with E-state index in [1.807, 2.05) is 0 Å². The van der Waals surface area contributed by atoms with E-state index < -0.39 is 16.0 Å². The summed E-state index contributed by atoms with van der Waals surface area (Å²) in [6, 6.07) is 0. The molecule has 0 atom stereocenters. The predicted molar refractivity (Wildman–Crippen MR) is 76.2 cm³/mol. The second-order valence-corrected chi connectivity index (χ2v) is 7.21. The summed E-state index contributed by atoms with van der Waals surface area (Å²) in [5.41, 5.74) is 0. The van der Waals surface area contributed by atoms with E-state index in [4.69, 9.17) is 5.11 Å². The van der Waals surface area contributed by atoms with Gasteiger partial charge in [-0.3, -0.25) is 9.48 Å². The Labute approximate surface area is 124 Å². The molecule has 1 heterocycles. The van der Waals surface area contributed by atoms with Gasteiger partial charge in [-0.25, -0.2) is 13.1 Å². The molecule has 0 spiro atoms. The van der Waals surface area contributed by atoms with Crippen LogP contribution in [0.15, 0.2) is 17.3 Å². The SMILES string of the molecule is O=C(O)CCn1cc(S(=O)(=O)NCC2CCCCC2)cn1. The van der Waals surface area contributed by atoms with Gasteiger partial charge in [0.15, 0.2) is 0 Å². The molecular weight excluding hydrogens is 294 g/mol. The molecule has 0 aromatic carbocycles. The summed E-state index contributed by atoms with van der Waals surface area (Å²) in [5, 5.41) is 12.5. The Morgan fingerprint density at radius 2 is 2.10 bits per heavy atom. The van der Waals surface area contributed by atoms with Crippen LogP contribution in [0.25, 0.3) is 0 Å². The first-order valence-corrected chi connectivity index (χ1v) is 8.69. The lowest BCUT2D eigenvalue weighted by Gasteiger charge is -2.21. The molecule has 1 aliphatic rings.